The first-order chi connectivity index (χ1) is 9.61. The average molecular weight is 273 g/mol. The van der Waals surface area contributed by atoms with E-state index in [4.69, 9.17) is 10.5 Å². The molecule has 20 heavy (non-hydrogen) atoms. The maximum Gasteiger partial charge on any atom is 0.239 e. The minimum absolute atomic E-state index is 0.503. The summed E-state index contributed by atoms with van der Waals surface area (Å²) < 4.78 is 7.44. The first kappa shape index (κ1) is 12.8. The van der Waals surface area contributed by atoms with Crippen molar-refractivity contribution < 1.29 is 4.74 Å². The van der Waals surface area contributed by atoms with Gasteiger partial charge in [0.05, 0.1) is 23.7 Å². The van der Waals surface area contributed by atoms with Gasteiger partial charge in [-0.2, -0.15) is 10.1 Å². The molecule has 0 aliphatic heterocycles. The molecule has 0 saturated heterocycles. The standard InChI is InChI=1S/C14H19N5O/c1-9-12(7-19(2)18-9)16-13-6-5-11(15)14(17-13)20-8-10-3-4-10/h5-7,10H,3-4,8,15H2,1-2H3,(H,16,17). The van der Waals surface area contributed by atoms with Crippen molar-refractivity contribution in [2.75, 3.05) is 17.7 Å². The Morgan fingerprint density at radius 3 is 2.90 bits per heavy atom. The maximum absolute atomic E-state index is 5.89. The number of hydrogen-bond acceptors (Lipinski definition) is 5. The molecule has 0 unspecified atom stereocenters. The second-order valence-electron chi connectivity index (χ2n) is 5.27. The molecule has 2 heterocycles. The summed E-state index contributed by atoms with van der Waals surface area (Å²) in [5.41, 5.74) is 8.31. The number of ether oxygens (including phenoxy) is 1. The summed E-state index contributed by atoms with van der Waals surface area (Å²) in [4.78, 5) is 4.42. The second kappa shape index (κ2) is 5.03. The highest BCUT2D eigenvalue weighted by molar-refractivity contribution is 5.61. The Kier molecular flexibility index (Phi) is 3.22. The van der Waals surface area contributed by atoms with Crippen LogP contribution in [0, 0.1) is 12.8 Å². The van der Waals surface area contributed by atoms with E-state index in [1.807, 2.05) is 32.3 Å². The number of aromatic nitrogens is 3. The molecular weight excluding hydrogens is 254 g/mol. The molecule has 0 aromatic carbocycles. The fourth-order valence-corrected chi connectivity index (χ4v) is 1.98. The van der Waals surface area contributed by atoms with E-state index in [9.17, 15) is 0 Å². The summed E-state index contributed by atoms with van der Waals surface area (Å²) in [7, 11) is 1.89. The van der Waals surface area contributed by atoms with Gasteiger partial charge in [-0.3, -0.25) is 4.68 Å². The number of pyridine rings is 1. The van der Waals surface area contributed by atoms with Crippen molar-refractivity contribution in [3.05, 3.63) is 24.0 Å². The summed E-state index contributed by atoms with van der Waals surface area (Å²) in [6, 6.07) is 3.65. The Morgan fingerprint density at radius 2 is 2.25 bits per heavy atom. The third-order valence-corrected chi connectivity index (χ3v) is 3.32. The molecule has 1 fully saturated rings. The predicted octanol–water partition coefficient (Wildman–Crippen LogP) is 2.24. The quantitative estimate of drug-likeness (QED) is 0.873. The number of aryl methyl sites for hydroxylation is 2. The molecule has 6 heteroatoms. The van der Waals surface area contributed by atoms with Crippen LogP contribution in [-0.4, -0.2) is 21.4 Å². The number of hydrogen-bond donors (Lipinski definition) is 2. The van der Waals surface area contributed by atoms with Crippen LogP contribution in [0.5, 0.6) is 5.88 Å². The molecule has 0 amide bonds. The molecule has 106 valence electrons. The Bertz CT molecular complexity index is 618. The van der Waals surface area contributed by atoms with Gasteiger partial charge < -0.3 is 15.8 Å². The first-order valence-electron chi connectivity index (χ1n) is 6.78. The topological polar surface area (TPSA) is 78.0 Å². The summed E-state index contributed by atoms with van der Waals surface area (Å²) in [5, 5.41) is 7.52. The molecule has 2 aromatic rings. The number of nitrogen functional groups attached to an aromatic ring is 1. The van der Waals surface area contributed by atoms with E-state index in [0.717, 1.165) is 11.4 Å². The van der Waals surface area contributed by atoms with Gasteiger partial charge in [0.2, 0.25) is 5.88 Å². The van der Waals surface area contributed by atoms with E-state index < -0.39 is 0 Å². The van der Waals surface area contributed by atoms with Crippen molar-refractivity contribution in [1.29, 1.82) is 0 Å². The zero-order valence-corrected chi connectivity index (χ0v) is 11.8. The molecule has 1 saturated carbocycles. The minimum Gasteiger partial charge on any atom is -0.476 e. The zero-order chi connectivity index (χ0) is 14.1. The Hall–Kier alpha value is -2.24. The average Bonchev–Trinajstić information content (AvgIpc) is 3.17. The lowest BCUT2D eigenvalue weighted by Gasteiger charge is -2.10. The van der Waals surface area contributed by atoms with Crippen LogP contribution in [0.4, 0.5) is 17.2 Å². The highest BCUT2D eigenvalue weighted by Gasteiger charge is 2.22. The predicted molar refractivity (Wildman–Crippen MR) is 78.1 cm³/mol. The van der Waals surface area contributed by atoms with Crippen molar-refractivity contribution >= 4 is 17.2 Å². The second-order valence-corrected chi connectivity index (χ2v) is 5.27. The van der Waals surface area contributed by atoms with E-state index in [1.54, 1.807) is 4.68 Å². The normalized spacial score (nSPS) is 14.3. The van der Waals surface area contributed by atoms with Gasteiger partial charge in [-0.25, -0.2) is 0 Å². The maximum atomic E-state index is 5.89. The van der Waals surface area contributed by atoms with Gasteiger partial charge in [0.15, 0.2) is 0 Å². The van der Waals surface area contributed by atoms with Crippen LogP contribution < -0.4 is 15.8 Å². The smallest absolute Gasteiger partial charge is 0.239 e. The van der Waals surface area contributed by atoms with Gasteiger partial charge in [0.25, 0.3) is 0 Å². The van der Waals surface area contributed by atoms with E-state index in [-0.39, 0.29) is 0 Å². The SMILES string of the molecule is Cc1nn(C)cc1Nc1ccc(N)c(OCC2CC2)n1. The lowest BCUT2D eigenvalue weighted by molar-refractivity contribution is 0.290. The fraction of sp³-hybridized carbons (Fsp3) is 0.429. The number of nitrogens with two attached hydrogens (primary N) is 1. The number of anilines is 3. The first-order valence-corrected chi connectivity index (χ1v) is 6.78. The van der Waals surface area contributed by atoms with Crippen LogP contribution in [0.2, 0.25) is 0 Å². The van der Waals surface area contributed by atoms with Crippen LogP contribution in [0.1, 0.15) is 18.5 Å². The molecular formula is C14H19N5O. The van der Waals surface area contributed by atoms with Crippen molar-refractivity contribution in [2.24, 2.45) is 13.0 Å². The molecule has 0 bridgehead atoms. The van der Waals surface area contributed by atoms with Crippen LogP contribution in [0.3, 0.4) is 0 Å². The lowest BCUT2D eigenvalue weighted by Crippen LogP contribution is -2.05. The molecule has 1 aliphatic carbocycles. The third kappa shape index (κ3) is 2.84. The van der Waals surface area contributed by atoms with Gasteiger partial charge in [-0.1, -0.05) is 0 Å². The number of nitrogens with one attached hydrogen (secondary N) is 1. The number of rotatable bonds is 5. The molecule has 6 nitrogen and oxygen atoms in total. The van der Waals surface area contributed by atoms with Crippen LogP contribution in [0.15, 0.2) is 18.3 Å². The van der Waals surface area contributed by atoms with E-state index in [0.29, 0.717) is 29.9 Å². The molecule has 3 rings (SSSR count). The largest absolute Gasteiger partial charge is 0.476 e. The van der Waals surface area contributed by atoms with Gasteiger partial charge in [-0.05, 0) is 37.8 Å². The third-order valence-electron chi connectivity index (χ3n) is 3.32. The van der Waals surface area contributed by atoms with Gasteiger partial charge in [0, 0.05) is 13.2 Å². The van der Waals surface area contributed by atoms with Crippen molar-refractivity contribution in [3.63, 3.8) is 0 Å². The van der Waals surface area contributed by atoms with E-state index in [2.05, 4.69) is 15.4 Å². The monoisotopic (exact) mass is 273 g/mol. The Labute approximate surface area is 118 Å². The lowest BCUT2D eigenvalue weighted by atomic mass is 10.3. The summed E-state index contributed by atoms with van der Waals surface area (Å²) in [5.74, 6) is 1.89. The molecule has 0 spiro atoms. The molecule has 3 N–H and O–H groups in total. The highest BCUT2D eigenvalue weighted by Crippen LogP contribution is 2.31. The zero-order valence-electron chi connectivity index (χ0n) is 11.8. The van der Waals surface area contributed by atoms with E-state index >= 15 is 0 Å². The summed E-state index contributed by atoms with van der Waals surface area (Å²) in [6.45, 7) is 2.65. The molecule has 1 aliphatic rings. The van der Waals surface area contributed by atoms with Crippen LogP contribution >= 0.6 is 0 Å². The summed E-state index contributed by atoms with van der Waals surface area (Å²) >= 11 is 0. The molecule has 2 aromatic heterocycles. The van der Waals surface area contributed by atoms with Gasteiger partial charge >= 0.3 is 0 Å². The van der Waals surface area contributed by atoms with Crippen molar-refractivity contribution in [1.82, 2.24) is 14.8 Å². The van der Waals surface area contributed by atoms with Crippen molar-refractivity contribution in [2.45, 2.75) is 19.8 Å². The van der Waals surface area contributed by atoms with Crippen LogP contribution in [-0.2, 0) is 7.05 Å². The highest BCUT2D eigenvalue weighted by atomic mass is 16.5. The fourth-order valence-electron chi connectivity index (χ4n) is 1.98. The Morgan fingerprint density at radius 1 is 1.45 bits per heavy atom. The van der Waals surface area contributed by atoms with Gasteiger partial charge in [-0.15, -0.1) is 0 Å². The molecule has 0 radical (unpaired) electrons. The van der Waals surface area contributed by atoms with Gasteiger partial charge in [0.1, 0.15) is 5.82 Å². The summed E-state index contributed by atoms with van der Waals surface area (Å²) in [6.07, 6.45) is 4.40. The molecule has 0 atom stereocenters. The van der Waals surface area contributed by atoms with Crippen LogP contribution in [0.25, 0.3) is 0 Å². The Balaban J connectivity index is 1.75. The van der Waals surface area contributed by atoms with E-state index in [1.165, 1.54) is 12.8 Å². The van der Waals surface area contributed by atoms with Crippen molar-refractivity contribution in [3.8, 4) is 5.88 Å². The minimum atomic E-state index is 0.503. The number of nitrogens with zero attached hydrogens (tertiary/aromatic N) is 3.